The molecule has 0 saturated carbocycles. The van der Waals surface area contributed by atoms with Gasteiger partial charge in [0.05, 0.1) is 6.67 Å². The highest BCUT2D eigenvalue weighted by Crippen LogP contribution is 2.26. The van der Waals surface area contributed by atoms with Crippen molar-refractivity contribution in [2.45, 2.75) is 6.92 Å². The van der Waals surface area contributed by atoms with Crippen LogP contribution in [0.25, 0.3) is 0 Å². The first-order chi connectivity index (χ1) is 9.34. The smallest absolute Gasteiger partial charge is 0.0728 e. The Morgan fingerprint density at radius 1 is 1.11 bits per heavy atom. The van der Waals surface area contributed by atoms with E-state index in [1.807, 2.05) is 0 Å². The van der Waals surface area contributed by atoms with E-state index in [-0.39, 0.29) is 0 Å². The van der Waals surface area contributed by atoms with Crippen molar-refractivity contribution < 1.29 is 0 Å². The Labute approximate surface area is 115 Å². The zero-order valence-corrected chi connectivity index (χ0v) is 11.5. The van der Waals surface area contributed by atoms with Crippen molar-refractivity contribution in [3.05, 3.63) is 36.0 Å². The average Bonchev–Trinajstić information content (AvgIpc) is 2.49. The average molecular weight is 258 g/mol. The van der Waals surface area contributed by atoms with Gasteiger partial charge in [0.15, 0.2) is 0 Å². The summed E-state index contributed by atoms with van der Waals surface area (Å²) in [5, 5.41) is 6.75. The lowest BCUT2D eigenvalue weighted by Crippen LogP contribution is -2.43. The van der Waals surface area contributed by atoms with Crippen LogP contribution >= 0.6 is 0 Å². The maximum absolute atomic E-state index is 3.39. The number of anilines is 2. The molecule has 2 heterocycles. The van der Waals surface area contributed by atoms with Gasteiger partial charge in [0.25, 0.3) is 0 Å². The van der Waals surface area contributed by atoms with Crippen LogP contribution in [0.4, 0.5) is 11.4 Å². The molecule has 0 aliphatic carbocycles. The van der Waals surface area contributed by atoms with E-state index in [1.54, 1.807) is 0 Å². The maximum atomic E-state index is 3.39. The van der Waals surface area contributed by atoms with Gasteiger partial charge >= 0.3 is 0 Å². The van der Waals surface area contributed by atoms with Crippen molar-refractivity contribution in [3.8, 4) is 0 Å². The summed E-state index contributed by atoms with van der Waals surface area (Å²) in [6, 6.07) is 6.79. The van der Waals surface area contributed by atoms with Crippen LogP contribution in [0, 0.1) is 6.92 Å². The highest BCUT2D eigenvalue weighted by atomic mass is 15.2. The number of aryl methyl sites for hydroxylation is 1. The summed E-state index contributed by atoms with van der Waals surface area (Å²) in [6.45, 7) is 8.43. The van der Waals surface area contributed by atoms with Crippen LogP contribution in [-0.4, -0.2) is 39.4 Å². The van der Waals surface area contributed by atoms with Crippen LogP contribution in [0.5, 0.6) is 0 Å². The third-order valence-electron chi connectivity index (χ3n) is 3.80. The van der Waals surface area contributed by atoms with Gasteiger partial charge in [-0.25, -0.2) is 0 Å². The van der Waals surface area contributed by atoms with E-state index in [9.17, 15) is 0 Å². The summed E-state index contributed by atoms with van der Waals surface area (Å²) >= 11 is 0. The molecule has 0 unspecified atom stereocenters. The molecule has 1 aromatic rings. The van der Waals surface area contributed by atoms with Gasteiger partial charge < -0.3 is 15.1 Å². The summed E-state index contributed by atoms with van der Waals surface area (Å²) in [7, 11) is 0. The van der Waals surface area contributed by atoms with Crippen LogP contribution in [0.1, 0.15) is 5.56 Å². The zero-order chi connectivity index (χ0) is 13.1. The summed E-state index contributed by atoms with van der Waals surface area (Å²) in [5.74, 6) is 0. The first-order valence-electron chi connectivity index (χ1n) is 7.05. The second kappa shape index (κ2) is 5.63. The van der Waals surface area contributed by atoms with Crippen LogP contribution in [-0.2, 0) is 0 Å². The van der Waals surface area contributed by atoms with Gasteiger partial charge in [0, 0.05) is 50.3 Å². The number of benzene rings is 1. The van der Waals surface area contributed by atoms with Crippen molar-refractivity contribution in [2.75, 3.05) is 49.2 Å². The molecule has 0 radical (unpaired) electrons. The summed E-state index contributed by atoms with van der Waals surface area (Å²) < 4.78 is 0. The first-order valence-corrected chi connectivity index (χ1v) is 7.05. The van der Waals surface area contributed by atoms with Crippen molar-refractivity contribution in [1.82, 2.24) is 10.6 Å². The van der Waals surface area contributed by atoms with E-state index in [4.69, 9.17) is 0 Å². The second-order valence-corrected chi connectivity index (χ2v) is 5.17. The number of rotatable bonds is 2. The van der Waals surface area contributed by atoms with Crippen LogP contribution in [0.3, 0.4) is 0 Å². The Hall–Kier alpha value is -1.52. The second-order valence-electron chi connectivity index (χ2n) is 5.17. The largest absolute Gasteiger partial charge is 0.369 e. The van der Waals surface area contributed by atoms with Gasteiger partial charge in [-0.05, 0) is 30.7 Å². The quantitative estimate of drug-likeness (QED) is 0.837. The fourth-order valence-corrected chi connectivity index (χ4v) is 2.75. The van der Waals surface area contributed by atoms with Gasteiger partial charge in [0.1, 0.15) is 0 Å². The molecule has 2 aliphatic heterocycles. The Morgan fingerprint density at radius 2 is 1.95 bits per heavy atom. The fourth-order valence-electron chi connectivity index (χ4n) is 2.75. The maximum Gasteiger partial charge on any atom is 0.0728 e. The van der Waals surface area contributed by atoms with E-state index in [0.29, 0.717) is 0 Å². The highest BCUT2D eigenvalue weighted by Gasteiger charge is 2.13. The molecule has 1 fully saturated rings. The van der Waals surface area contributed by atoms with Crippen molar-refractivity contribution in [2.24, 2.45) is 0 Å². The standard InChI is InChI=1S/C15H22N4/c1-13-11-14(18-9-6-16-7-10-18)3-4-15(13)19-8-2-5-17-12-19/h2-4,8,11,16-17H,5-7,9-10,12H2,1H3. The molecule has 2 N–H and O–H groups in total. The predicted molar refractivity (Wildman–Crippen MR) is 80.8 cm³/mol. The van der Waals surface area contributed by atoms with Crippen molar-refractivity contribution in [1.29, 1.82) is 0 Å². The Balaban J connectivity index is 1.80. The summed E-state index contributed by atoms with van der Waals surface area (Å²) in [5.41, 5.74) is 3.98. The molecule has 3 rings (SSSR count). The molecule has 1 saturated heterocycles. The molecule has 0 spiro atoms. The minimum absolute atomic E-state index is 0.893. The summed E-state index contributed by atoms with van der Waals surface area (Å²) in [4.78, 5) is 4.72. The number of piperazine rings is 1. The van der Waals surface area contributed by atoms with E-state index in [0.717, 1.165) is 39.4 Å². The van der Waals surface area contributed by atoms with Gasteiger partial charge in [0.2, 0.25) is 0 Å². The lowest BCUT2D eigenvalue weighted by Gasteiger charge is -2.31. The number of hydrogen-bond acceptors (Lipinski definition) is 4. The lowest BCUT2D eigenvalue weighted by molar-refractivity contribution is 0.589. The molecule has 0 atom stereocenters. The molecule has 0 bridgehead atoms. The third-order valence-corrected chi connectivity index (χ3v) is 3.80. The first kappa shape index (κ1) is 12.5. The Kier molecular flexibility index (Phi) is 3.71. The minimum atomic E-state index is 0.893. The lowest BCUT2D eigenvalue weighted by atomic mass is 10.1. The monoisotopic (exact) mass is 258 g/mol. The van der Waals surface area contributed by atoms with Gasteiger partial charge in [-0.15, -0.1) is 0 Å². The number of nitrogens with zero attached hydrogens (tertiary/aromatic N) is 2. The normalized spacial score (nSPS) is 19.8. The van der Waals surface area contributed by atoms with Gasteiger partial charge in [-0.1, -0.05) is 6.08 Å². The molecule has 19 heavy (non-hydrogen) atoms. The Bertz CT molecular complexity index is 463. The fraction of sp³-hybridized carbons (Fsp3) is 0.467. The van der Waals surface area contributed by atoms with E-state index in [2.05, 4.69) is 57.8 Å². The van der Waals surface area contributed by atoms with Crippen LogP contribution < -0.4 is 20.4 Å². The molecular formula is C15H22N4. The van der Waals surface area contributed by atoms with Crippen LogP contribution in [0.15, 0.2) is 30.5 Å². The Morgan fingerprint density at radius 3 is 2.63 bits per heavy atom. The van der Waals surface area contributed by atoms with E-state index >= 15 is 0 Å². The molecule has 0 aromatic heterocycles. The van der Waals surface area contributed by atoms with Gasteiger partial charge in [-0.2, -0.15) is 0 Å². The molecule has 102 valence electrons. The molecule has 4 nitrogen and oxygen atoms in total. The predicted octanol–water partition coefficient (Wildman–Crippen LogP) is 1.29. The number of hydrogen-bond donors (Lipinski definition) is 2. The molecule has 2 aliphatic rings. The van der Waals surface area contributed by atoms with Crippen LogP contribution in [0.2, 0.25) is 0 Å². The molecular weight excluding hydrogens is 236 g/mol. The van der Waals surface area contributed by atoms with Gasteiger partial charge in [-0.3, -0.25) is 5.32 Å². The molecule has 4 heteroatoms. The zero-order valence-electron chi connectivity index (χ0n) is 11.5. The minimum Gasteiger partial charge on any atom is -0.369 e. The highest BCUT2D eigenvalue weighted by molar-refractivity contribution is 5.63. The summed E-state index contributed by atoms with van der Waals surface area (Å²) in [6.07, 6.45) is 4.33. The van der Waals surface area contributed by atoms with Crippen molar-refractivity contribution >= 4 is 11.4 Å². The van der Waals surface area contributed by atoms with Crippen molar-refractivity contribution in [3.63, 3.8) is 0 Å². The van der Waals surface area contributed by atoms with E-state index < -0.39 is 0 Å². The molecule has 1 aromatic carbocycles. The topological polar surface area (TPSA) is 30.5 Å². The van der Waals surface area contributed by atoms with E-state index in [1.165, 1.54) is 16.9 Å². The third kappa shape index (κ3) is 2.74. The number of nitrogens with one attached hydrogen (secondary N) is 2. The molecule has 0 amide bonds. The SMILES string of the molecule is Cc1cc(N2CCNCC2)ccc1N1C=CCNC1.